The fourth-order valence-corrected chi connectivity index (χ4v) is 1.33. The van der Waals surface area contributed by atoms with Crippen molar-refractivity contribution in [3.05, 3.63) is 29.3 Å². The first-order chi connectivity index (χ1) is 6.83. The van der Waals surface area contributed by atoms with Gasteiger partial charge in [0.15, 0.2) is 6.29 Å². The minimum Gasteiger partial charge on any atom is -0.492 e. The highest BCUT2D eigenvalue weighted by Gasteiger charge is 2.14. The van der Waals surface area contributed by atoms with Crippen molar-refractivity contribution in [2.24, 2.45) is 0 Å². The zero-order valence-corrected chi connectivity index (χ0v) is 8.54. The van der Waals surface area contributed by atoms with Crippen molar-refractivity contribution in [1.29, 1.82) is 0 Å². The standard InChI is InChI=1S/C9H8O2.C2H7N/c10-6-8-3-1-2-7-4-5-11-9(7)8;1-3-2/h1-3,6H,4-5H2;3H,1-2H3. The van der Waals surface area contributed by atoms with Crippen LogP contribution in [0.15, 0.2) is 18.2 Å². The summed E-state index contributed by atoms with van der Waals surface area (Å²) in [7, 11) is 3.75. The number of rotatable bonds is 1. The van der Waals surface area contributed by atoms with Crippen LogP contribution in [0.25, 0.3) is 0 Å². The summed E-state index contributed by atoms with van der Waals surface area (Å²) in [5.74, 6) is 0.780. The number of fused-ring (bicyclic) bond motifs is 1. The van der Waals surface area contributed by atoms with Gasteiger partial charge in [0, 0.05) is 6.42 Å². The van der Waals surface area contributed by atoms with Crippen LogP contribution in [0.2, 0.25) is 0 Å². The lowest BCUT2D eigenvalue weighted by Crippen LogP contribution is -1.89. The van der Waals surface area contributed by atoms with Crippen molar-refractivity contribution in [2.75, 3.05) is 20.7 Å². The molecule has 1 heterocycles. The number of hydrogen-bond acceptors (Lipinski definition) is 3. The molecule has 3 nitrogen and oxygen atoms in total. The Labute approximate surface area is 84.1 Å². The van der Waals surface area contributed by atoms with Gasteiger partial charge in [0.1, 0.15) is 5.75 Å². The molecule has 0 atom stereocenters. The fraction of sp³-hybridized carbons (Fsp3) is 0.364. The Morgan fingerprint density at radius 2 is 2.14 bits per heavy atom. The highest BCUT2D eigenvalue weighted by atomic mass is 16.5. The van der Waals surface area contributed by atoms with Gasteiger partial charge in [0.05, 0.1) is 12.2 Å². The maximum absolute atomic E-state index is 10.5. The number of nitrogens with one attached hydrogen (secondary N) is 1. The monoisotopic (exact) mass is 193 g/mol. The third-order valence-corrected chi connectivity index (χ3v) is 1.87. The SMILES string of the molecule is CNC.O=Cc1cccc2c1OCC2. The van der Waals surface area contributed by atoms with Crippen molar-refractivity contribution in [2.45, 2.75) is 6.42 Å². The molecule has 0 spiro atoms. The Bertz CT molecular complexity index is 310. The minimum atomic E-state index is 0.667. The van der Waals surface area contributed by atoms with E-state index in [1.807, 2.05) is 26.2 Å². The predicted octanol–water partition coefficient (Wildman–Crippen LogP) is 1.27. The molecule has 2 rings (SSSR count). The maximum atomic E-state index is 10.5. The van der Waals surface area contributed by atoms with E-state index in [4.69, 9.17) is 4.74 Å². The second-order valence-electron chi connectivity index (χ2n) is 3.05. The molecule has 0 fully saturated rings. The largest absolute Gasteiger partial charge is 0.492 e. The van der Waals surface area contributed by atoms with Crippen molar-refractivity contribution < 1.29 is 9.53 Å². The van der Waals surface area contributed by atoms with E-state index in [1.165, 1.54) is 0 Å². The molecule has 0 amide bonds. The van der Waals surface area contributed by atoms with Crippen LogP contribution in [0.5, 0.6) is 5.75 Å². The lowest BCUT2D eigenvalue weighted by Gasteiger charge is -1.99. The Kier molecular flexibility index (Phi) is 4.13. The van der Waals surface area contributed by atoms with E-state index in [1.54, 1.807) is 6.07 Å². The Morgan fingerprint density at radius 3 is 2.79 bits per heavy atom. The van der Waals surface area contributed by atoms with Crippen LogP contribution in [0.4, 0.5) is 0 Å². The van der Waals surface area contributed by atoms with Crippen LogP contribution >= 0.6 is 0 Å². The summed E-state index contributed by atoms with van der Waals surface area (Å²) >= 11 is 0. The summed E-state index contributed by atoms with van der Waals surface area (Å²) in [6.07, 6.45) is 1.77. The topological polar surface area (TPSA) is 38.3 Å². The number of aldehydes is 1. The summed E-state index contributed by atoms with van der Waals surface area (Å²) < 4.78 is 5.29. The van der Waals surface area contributed by atoms with Crippen LogP contribution in [0.3, 0.4) is 0 Å². The Balaban J connectivity index is 0.000000293. The molecule has 1 aromatic carbocycles. The number of carbonyl (C=O) groups is 1. The highest BCUT2D eigenvalue weighted by Crippen LogP contribution is 2.27. The first-order valence-electron chi connectivity index (χ1n) is 4.61. The van der Waals surface area contributed by atoms with Crippen LogP contribution in [0, 0.1) is 0 Å². The molecule has 1 aliphatic heterocycles. The van der Waals surface area contributed by atoms with E-state index < -0.39 is 0 Å². The lowest BCUT2D eigenvalue weighted by molar-refractivity contribution is 0.112. The minimum absolute atomic E-state index is 0.667. The fourth-order valence-electron chi connectivity index (χ4n) is 1.33. The summed E-state index contributed by atoms with van der Waals surface area (Å²) in [6, 6.07) is 5.66. The molecule has 0 saturated heterocycles. The Hall–Kier alpha value is -1.35. The molecule has 0 saturated carbocycles. The van der Waals surface area contributed by atoms with E-state index >= 15 is 0 Å². The van der Waals surface area contributed by atoms with Gasteiger partial charge < -0.3 is 10.1 Å². The molecule has 0 aliphatic carbocycles. The van der Waals surface area contributed by atoms with E-state index in [2.05, 4.69) is 5.32 Å². The van der Waals surface area contributed by atoms with Gasteiger partial charge in [0.2, 0.25) is 0 Å². The normalized spacial score (nSPS) is 12.1. The lowest BCUT2D eigenvalue weighted by atomic mass is 10.1. The van der Waals surface area contributed by atoms with Gasteiger partial charge in [-0.2, -0.15) is 0 Å². The van der Waals surface area contributed by atoms with E-state index in [0.717, 1.165) is 24.0 Å². The molecule has 3 heteroatoms. The van der Waals surface area contributed by atoms with Crippen LogP contribution in [0.1, 0.15) is 15.9 Å². The average molecular weight is 193 g/mol. The van der Waals surface area contributed by atoms with Gasteiger partial charge in [-0.1, -0.05) is 12.1 Å². The zero-order valence-electron chi connectivity index (χ0n) is 8.54. The summed E-state index contributed by atoms with van der Waals surface area (Å²) in [5.41, 5.74) is 1.81. The molecule has 1 aromatic rings. The predicted molar refractivity (Wildman–Crippen MR) is 56.0 cm³/mol. The second-order valence-corrected chi connectivity index (χ2v) is 3.05. The molecule has 1 N–H and O–H groups in total. The molecule has 76 valence electrons. The number of ether oxygens (including phenoxy) is 1. The number of hydrogen-bond donors (Lipinski definition) is 1. The molecule has 0 aromatic heterocycles. The van der Waals surface area contributed by atoms with Crippen LogP contribution in [-0.2, 0) is 6.42 Å². The molecule has 14 heavy (non-hydrogen) atoms. The van der Waals surface area contributed by atoms with E-state index in [0.29, 0.717) is 12.2 Å². The van der Waals surface area contributed by atoms with Crippen molar-refractivity contribution >= 4 is 6.29 Å². The third-order valence-electron chi connectivity index (χ3n) is 1.87. The first-order valence-corrected chi connectivity index (χ1v) is 4.61. The molecule has 0 bridgehead atoms. The third kappa shape index (κ3) is 2.33. The average Bonchev–Trinajstić information content (AvgIpc) is 2.66. The van der Waals surface area contributed by atoms with Gasteiger partial charge in [-0.15, -0.1) is 0 Å². The molecule has 0 unspecified atom stereocenters. The Morgan fingerprint density at radius 1 is 1.43 bits per heavy atom. The van der Waals surface area contributed by atoms with Crippen molar-refractivity contribution in [3.63, 3.8) is 0 Å². The zero-order chi connectivity index (χ0) is 10.4. The quantitative estimate of drug-likeness (QED) is 0.682. The van der Waals surface area contributed by atoms with Crippen molar-refractivity contribution in [1.82, 2.24) is 5.32 Å². The molecule has 1 aliphatic rings. The maximum Gasteiger partial charge on any atom is 0.153 e. The van der Waals surface area contributed by atoms with Gasteiger partial charge in [0.25, 0.3) is 0 Å². The summed E-state index contributed by atoms with van der Waals surface area (Å²) in [4.78, 5) is 10.5. The smallest absolute Gasteiger partial charge is 0.153 e. The second kappa shape index (κ2) is 5.40. The van der Waals surface area contributed by atoms with Gasteiger partial charge in [-0.05, 0) is 25.7 Å². The van der Waals surface area contributed by atoms with E-state index in [-0.39, 0.29) is 0 Å². The number of benzene rings is 1. The first kappa shape index (κ1) is 10.7. The number of carbonyl (C=O) groups excluding carboxylic acids is 1. The van der Waals surface area contributed by atoms with Gasteiger partial charge in [-0.3, -0.25) is 4.79 Å². The summed E-state index contributed by atoms with van der Waals surface area (Å²) in [5, 5.41) is 2.75. The molecular weight excluding hydrogens is 178 g/mol. The summed E-state index contributed by atoms with van der Waals surface area (Å²) in [6.45, 7) is 0.709. The van der Waals surface area contributed by atoms with Gasteiger partial charge >= 0.3 is 0 Å². The molecular formula is C11H15NO2. The number of para-hydroxylation sites is 1. The van der Waals surface area contributed by atoms with Crippen molar-refractivity contribution in [3.8, 4) is 5.75 Å². The van der Waals surface area contributed by atoms with Gasteiger partial charge in [-0.25, -0.2) is 0 Å². The van der Waals surface area contributed by atoms with Crippen LogP contribution in [-0.4, -0.2) is 27.0 Å². The highest BCUT2D eigenvalue weighted by molar-refractivity contribution is 5.80. The van der Waals surface area contributed by atoms with Crippen LogP contribution < -0.4 is 10.1 Å². The molecule has 0 radical (unpaired) electrons. The van der Waals surface area contributed by atoms with E-state index in [9.17, 15) is 4.79 Å².